The fourth-order valence-corrected chi connectivity index (χ4v) is 5.03. The van der Waals surface area contributed by atoms with Crippen LogP contribution in [0, 0.1) is 27.7 Å². The van der Waals surface area contributed by atoms with Crippen LogP contribution in [0.4, 0.5) is 20.2 Å². The Balaban J connectivity index is 1.90. The van der Waals surface area contributed by atoms with Crippen molar-refractivity contribution in [3.05, 3.63) is 74.4 Å². The third-order valence-electron chi connectivity index (χ3n) is 5.62. The van der Waals surface area contributed by atoms with Crippen molar-refractivity contribution in [2.24, 2.45) is 10.9 Å². The van der Waals surface area contributed by atoms with E-state index in [4.69, 9.17) is 0 Å². The highest BCUT2D eigenvalue weighted by atomic mass is 32.1. The molecule has 3 aromatic rings. The molecule has 1 saturated carbocycles. The molecule has 2 atom stereocenters. The average Bonchev–Trinajstić information content (AvgIpc) is 3.14. The van der Waals surface area contributed by atoms with Gasteiger partial charge in [0, 0.05) is 35.2 Å². The summed E-state index contributed by atoms with van der Waals surface area (Å²) in [4.78, 5) is 15.9. The minimum absolute atomic E-state index is 0.0185. The van der Waals surface area contributed by atoms with Crippen LogP contribution in [0.15, 0.2) is 52.8 Å². The Morgan fingerprint density at radius 2 is 1.97 bits per heavy atom. The molecule has 4 rings (SSSR count). The molecular formula is C22H21F2N3O2S. The largest absolute Gasteiger partial charge is 0.313 e. The average molecular weight is 429 g/mol. The van der Waals surface area contributed by atoms with Crippen LogP contribution in [0.25, 0.3) is 11.3 Å². The Morgan fingerprint density at radius 3 is 2.70 bits per heavy atom. The van der Waals surface area contributed by atoms with Gasteiger partial charge in [-0.25, -0.2) is 13.8 Å². The molecule has 1 aliphatic rings. The number of aromatic nitrogens is 1. The van der Waals surface area contributed by atoms with Gasteiger partial charge in [0.15, 0.2) is 10.6 Å². The van der Waals surface area contributed by atoms with E-state index in [1.54, 1.807) is 12.1 Å². The number of thiazole rings is 1. The molecule has 2 unspecified atom stereocenters. The van der Waals surface area contributed by atoms with E-state index in [0.29, 0.717) is 10.7 Å². The normalized spacial score (nSPS) is 19.8. The van der Waals surface area contributed by atoms with Gasteiger partial charge in [0.05, 0.1) is 10.6 Å². The highest BCUT2D eigenvalue weighted by molar-refractivity contribution is 7.07. The molecule has 156 valence electrons. The monoisotopic (exact) mass is 429 g/mol. The first-order chi connectivity index (χ1) is 14.4. The van der Waals surface area contributed by atoms with E-state index in [0.717, 1.165) is 43.0 Å². The number of halogens is 2. The summed E-state index contributed by atoms with van der Waals surface area (Å²) >= 11 is 1.35. The van der Waals surface area contributed by atoms with Crippen molar-refractivity contribution in [1.29, 1.82) is 0 Å². The smallest absolute Gasteiger partial charge is 0.270 e. The molecule has 1 fully saturated rings. The number of nitro groups is 1. The quantitative estimate of drug-likeness (QED) is 0.356. The lowest BCUT2D eigenvalue weighted by molar-refractivity contribution is -0.384. The molecule has 0 N–H and O–H groups in total. The molecule has 5 nitrogen and oxygen atoms in total. The molecule has 0 spiro atoms. The summed E-state index contributed by atoms with van der Waals surface area (Å²) in [7, 11) is 0. The Bertz CT molecular complexity index is 1160. The third kappa shape index (κ3) is 4.05. The molecule has 0 radical (unpaired) electrons. The van der Waals surface area contributed by atoms with Gasteiger partial charge in [0.1, 0.15) is 11.5 Å². The van der Waals surface area contributed by atoms with E-state index >= 15 is 0 Å². The van der Waals surface area contributed by atoms with Crippen LogP contribution < -0.4 is 4.80 Å². The molecular weight excluding hydrogens is 408 g/mol. The zero-order valence-electron chi connectivity index (χ0n) is 16.4. The van der Waals surface area contributed by atoms with Crippen LogP contribution in [-0.2, 0) is 0 Å². The minimum atomic E-state index is -0.719. The predicted octanol–water partition coefficient (Wildman–Crippen LogP) is 6.39. The Kier molecular flexibility index (Phi) is 5.76. The van der Waals surface area contributed by atoms with Crippen LogP contribution in [0.2, 0.25) is 0 Å². The van der Waals surface area contributed by atoms with Gasteiger partial charge in [-0.3, -0.25) is 10.1 Å². The van der Waals surface area contributed by atoms with Crippen molar-refractivity contribution in [2.45, 2.75) is 38.6 Å². The topological polar surface area (TPSA) is 60.4 Å². The van der Waals surface area contributed by atoms with Gasteiger partial charge >= 0.3 is 0 Å². The zero-order valence-corrected chi connectivity index (χ0v) is 17.2. The number of hydrogen-bond donors (Lipinski definition) is 0. The van der Waals surface area contributed by atoms with Gasteiger partial charge in [0.2, 0.25) is 0 Å². The second-order valence-electron chi connectivity index (χ2n) is 7.62. The van der Waals surface area contributed by atoms with Crippen molar-refractivity contribution in [2.75, 3.05) is 0 Å². The first-order valence-corrected chi connectivity index (χ1v) is 10.8. The lowest BCUT2D eigenvalue weighted by atomic mass is 9.85. The number of nitrogens with zero attached hydrogens (tertiary/aromatic N) is 3. The molecule has 0 bridgehead atoms. The molecule has 0 saturated heterocycles. The molecule has 8 heteroatoms. The van der Waals surface area contributed by atoms with Crippen LogP contribution in [0.3, 0.4) is 0 Å². The minimum Gasteiger partial charge on any atom is -0.313 e. The van der Waals surface area contributed by atoms with Gasteiger partial charge in [-0.1, -0.05) is 31.9 Å². The van der Waals surface area contributed by atoms with E-state index in [1.807, 2.05) is 11.4 Å². The molecule has 0 amide bonds. The van der Waals surface area contributed by atoms with Gasteiger partial charge in [-0.05, 0) is 30.9 Å². The van der Waals surface area contributed by atoms with E-state index < -0.39 is 16.6 Å². The summed E-state index contributed by atoms with van der Waals surface area (Å²) in [6.45, 7) is 2.19. The van der Waals surface area contributed by atoms with E-state index in [-0.39, 0.29) is 17.4 Å². The van der Waals surface area contributed by atoms with Crippen LogP contribution >= 0.6 is 11.3 Å². The van der Waals surface area contributed by atoms with Crippen molar-refractivity contribution < 1.29 is 13.7 Å². The maximum Gasteiger partial charge on any atom is 0.270 e. The third-order valence-corrected chi connectivity index (χ3v) is 6.46. The van der Waals surface area contributed by atoms with E-state index in [1.165, 1.54) is 29.5 Å². The van der Waals surface area contributed by atoms with Crippen molar-refractivity contribution in [3.63, 3.8) is 0 Å². The molecule has 2 aromatic carbocycles. The highest BCUT2D eigenvalue weighted by Crippen LogP contribution is 2.37. The first kappa shape index (κ1) is 20.4. The second-order valence-corrected chi connectivity index (χ2v) is 8.45. The Hall–Kier alpha value is -2.87. The number of hydrogen-bond acceptors (Lipinski definition) is 4. The molecule has 0 aliphatic heterocycles. The fourth-order valence-electron chi connectivity index (χ4n) is 4.07. The molecule has 1 aliphatic carbocycles. The number of benzene rings is 2. The second kappa shape index (κ2) is 8.47. The molecule has 1 aromatic heterocycles. The summed E-state index contributed by atoms with van der Waals surface area (Å²) in [6.07, 6.45) is 4.27. The van der Waals surface area contributed by atoms with Crippen LogP contribution in [-0.4, -0.2) is 9.49 Å². The number of rotatable bonds is 4. The van der Waals surface area contributed by atoms with Crippen molar-refractivity contribution >= 4 is 22.7 Å². The van der Waals surface area contributed by atoms with Crippen molar-refractivity contribution in [1.82, 2.24) is 4.57 Å². The Morgan fingerprint density at radius 1 is 1.17 bits per heavy atom. The van der Waals surface area contributed by atoms with Gasteiger partial charge in [-0.15, -0.1) is 11.3 Å². The van der Waals surface area contributed by atoms with Gasteiger partial charge in [-0.2, -0.15) is 0 Å². The van der Waals surface area contributed by atoms with Gasteiger partial charge < -0.3 is 4.57 Å². The Labute approximate surface area is 176 Å². The molecule has 1 heterocycles. The predicted molar refractivity (Wildman–Crippen MR) is 113 cm³/mol. The number of non-ortho nitro benzene ring substituents is 1. The summed E-state index contributed by atoms with van der Waals surface area (Å²) in [5.41, 5.74) is 1.63. The maximum atomic E-state index is 14.2. The lowest BCUT2D eigenvalue weighted by Gasteiger charge is -2.31. The van der Waals surface area contributed by atoms with Crippen molar-refractivity contribution in [3.8, 4) is 11.3 Å². The first-order valence-electron chi connectivity index (χ1n) is 9.88. The lowest BCUT2D eigenvalue weighted by Crippen LogP contribution is -2.28. The fraction of sp³-hybridized carbons (Fsp3) is 0.318. The van der Waals surface area contributed by atoms with E-state index in [2.05, 4.69) is 16.5 Å². The summed E-state index contributed by atoms with van der Waals surface area (Å²) in [5.74, 6) is -0.977. The SMILES string of the molecule is CC1CCCCC1n1c(-c2cccc([N+](=O)[O-])c2)csc1=Nc1ccc(F)cc1F. The summed E-state index contributed by atoms with van der Waals surface area (Å²) < 4.78 is 29.6. The van der Waals surface area contributed by atoms with Crippen LogP contribution in [0.1, 0.15) is 38.6 Å². The zero-order chi connectivity index (χ0) is 21.3. The summed E-state index contributed by atoms with van der Waals surface area (Å²) in [5, 5.41) is 13.1. The maximum absolute atomic E-state index is 14.2. The number of nitro benzene ring substituents is 1. The van der Waals surface area contributed by atoms with Crippen LogP contribution in [0.5, 0.6) is 0 Å². The molecule has 30 heavy (non-hydrogen) atoms. The summed E-state index contributed by atoms with van der Waals surface area (Å²) in [6, 6.07) is 9.99. The standard InChI is InChI=1S/C22H21F2N3O2S/c1-14-5-2-3-8-20(14)26-21(15-6-4-7-17(11-15)27(28)29)13-30-22(26)25-19-10-9-16(23)12-18(19)24/h4,6-7,9-14,20H,2-3,5,8H2,1H3. The highest BCUT2D eigenvalue weighted by Gasteiger charge is 2.26. The van der Waals surface area contributed by atoms with Gasteiger partial charge in [0.25, 0.3) is 5.69 Å². The van der Waals surface area contributed by atoms with E-state index in [9.17, 15) is 18.9 Å².